The van der Waals surface area contributed by atoms with E-state index < -0.39 is 0 Å². The van der Waals surface area contributed by atoms with Crippen LogP contribution in [0.25, 0.3) is 0 Å². The van der Waals surface area contributed by atoms with Crippen molar-refractivity contribution in [2.75, 3.05) is 7.11 Å². The molecule has 0 aliphatic carbocycles. The Kier molecular flexibility index (Phi) is 2.96. The van der Waals surface area contributed by atoms with Crippen molar-refractivity contribution in [3.63, 3.8) is 0 Å². The van der Waals surface area contributed by atoms with Crippen LogP contribution in [0.5, 0.6) is 0 Å². The lowest BCUT2D eigenvalue weighted by atomic mass is 9.86. The molecule has 0 N–H and O–H groups in total. The van der Waals surface area contributed by atoms with Crippen LogP contribution in [-0.4, -0.2) is 18.8 Å². The van der Waals surface area contributed by atoms with E-state index in [1.807, 2.05) is 12.3 Å². The molecule has 0 unspecified atom stereocenters. The van der Waals surface area contributed by atoms with Gasteiger partial charge in [0.1, 0.15) is 5.44 Å². The standard InChI is InChI=1S/C9H15NOS/c1-9(2,3)7-5-6-10-12-8(7)11-4/h5-6,8H,1-4H3/t8-/m1/s1. The molecule has 0 aromatic rings. The summed E-state index contributed by atoms with van der Waals surface area (Å²) in [6.45, 7) is 6.56. The molecular formula is C9H15NOS. The first-order chi connectivity index (χ1) is 5.55. The molecule has 1 aliphatic heterocycles. The summed E-state index contributed by atoms with van der Waals surface area (Å²) in [6.07, 6.45) is 3.88. The van der Waals surface area contributed by atoms with E-state index >= 15 is 0 Å². The van der Waals surface area contributed by atoms with Gasteiger partial charge in [-0.05, 0) is 17.1 Å². The topological polar surface area (TPSA) is 21.6 Å². The monoisotopic (exact) mass is 185 g/mol. The van der Waals surface area contributed by atoms with Crippen LogP contribution in [-0.2, 0) is 4.74 Å². The summed E-state index contributed by atoms with van der Waals surface area (Å²) in [5.41, 5.74) is 1.56. The van der Waals surface area contributed by atoms with Gasteiger partial charge < -0.3 is 4.74 Å². The molecule has 12 heavy (non-hydrogen) atoms. The minimum atomic E-state index is 0.0926. The minimum absolute atomic E-state index is 0.0926. The summed E-state index contributed by atoms with van der Waals surface area (Å²) in [5, 5.41) is 0. The average molecular weight is 185 g/mol. The molecule has 1 aliphatic rings. The summed E-state index contributed by atoms with van der Waals surface area (Å²) in [6, 6.07) is 0. The zero-order valence-corrected chi connectivity index (χ0v) is 8.81. The van der Waals surface area contributed by atoms with Gasteiger partial charge in [-0.3, -0.25) is 0 Å². The molecular weight excluding hydrogens is 170 g/mol. The highest BCUT2D eigenvalue weighted by atomic mass is 32.2. The SMILES string of the molecule is CO[C@@H]1SN=CC=C1C(C)(C)C. The second kappa shape index (κ2) is 3.62. The Bertz CT molecular complexity index is 215. The molecule has 0 fully saturated rings. The molecule has 0 bridgehead atoms. The highest BCUT2D eigenvalue weighted by molar-refractivity contribution is 7.98. The summed E-state index contributed by atoms with van der Waals surface area (Å²) < 4.78 is 9.39. The van der Waals surface area contributed by atoms with Crippen LogP contribution in [0.15, 0.2) is 16.0 Å². The Morgan fingerprint density at radius 1 is 1.50 bits per heavy atom. The molecule has 1 atom stereocenters. The Balaban J connectivity index is 2.84. The fraction of sp³-hybridized carbons (Fsp3) is 0.667. The van der Waals surface area contributed by atoms with Crippen molar-refractivity contribution in [1.29, 1.82) is 0 Å². The molecule has 0 spiro atoms. The van der Waals surface area contributed by atoms with Crippen LogP contribution in [0.1, 0.15) is 20.8 Å². The van der Waals surface area contributed by atoms with E-state index in [1.165, 1.54) is 17.5 Å². The van der Waals surface area contributed by atoms with Gasteiger partial charge in [0, 0.05) is 25.3 Å². The second-order valence-electron chi connectivity index (χ2n) is 3.80. The van der Waals surface area contributed by atoms with Crippen molar-refractivity contribution in [1.82, 2.24) is 0 Å². The van der Waals surface area contributed by atoms with Gasteiger partial charge in [0.05, 0.1) is 0 Å². The van der Waals surface area contributed by atoms with Crippen molar-refractivity contribution in [2.45, 2.75) is 26.2 Å². The maximum atomic E-state index is 5.31. The smallest absolute Gasteiger partial charge is 0.146 e. The Morgan fingerprint density at radius 3 is 2.58 bits per heavy atom. The minimum Gasteiger partial charge on any atom is -0.364 e. The van der Waals surface area contributed by atoms with Gasteiger partial charge in [-0.2, -0.15) is 0 Å². The summed E-state index contributed by atoms with van der Waals surface area (Å²) in [4.78, 5) is 0. The lowest BCUT2D eigenvalue weighted by Crippen LogP contribution is -2.22. The largest absolute Gasteiger partial charge is 0.364 e. The van der Waals surface area contributed by atoms with Crippen molar-refractivity contribution in [2.24, 2.45) is 9.81 Å². The van der Waals surface area contributed by atoms with Gasteiger partial charge in [-0.25, -0.2) is 4.40 Å². The van der Waals surface area contributed by atoms with E-state index in [4.69, 9.17) is 4.74 Å². The first kappa shape index (κ1) is 9.81. The molecule has 0 saturated carbocycles. The van der Waals surface area contributed by atoms with E-state index in [-0.39, 0.29) is 10.9 Å². The third-order valence-corrected chi connectivity index (χ3v) is 2.69. The Hall–Kier alpha value is -0.280. The van der Waals surface area contributed by atoms with E-state index in [1.54, 1.807) is 7.11 Å². The van der Waals surface area contributed by atoms with Gasteiger partial charge in [0.15, 0.2) is 0 Å². The van der Waals surface area contributed by atoms with Crippen molar-refractivity contribution >= 4 is 18.2 Å². The van der Waals surface area contributed by atoms with E-state index in [0.717, 1.165) is 0 Å². The third kappa shape index (κ3) is 2.11. The van der Waals surface area contributed by atoms with Gasteiger partial charge >= 0.3 is 0 Å². The van der Waals surface area contributed by atoms with Gasteiger partial charge in [-0.15, -0.1) is 0 Å². The van der Waals surface area contributed by atoms with Gasteiger partial charge in [0.25, 0.3) is 0 Å². The molecule has 0 aromatic heterocycles. The molecule has 2 nitrogen and oxygen atoms in total. The van der Waals surface area contributed by atoms with Gasteiger partial charge in [-0.1, -0.05) is 20.8 Å². The third-order valence-electron chi connectivity index (χ3n) is 1.81. The maximum Gasteiger partial charge on any atom is 0.146 e. The molecule has 0 radical (unpaired) electrons. The van der Waals surface area contributed by atoms with Crippen LogP contribution < -0.4 is 0 Å². The highest BCUT2D eigenvalue weighted by Gasteiger charge is 2.26. The Labute approximate surface area is 78.2 Å². The quantitative estimate of drug-likeness (QED) is 0.586. The first-order valence-corrected chi connectivity index (χ1v) is 4.82. The molecule has 0 amide bonds. The van der Waals surface area contributed by atoms with Crippen LogP contribution in [0.2, 0.25) is 0 Å². The zero-order valence-electron chi connectivity index (χ0n) is 8.00. The number of ether oxygens (including phenoxy) is 1. The van der Waals surface area contributed by atoms with E-state index in [0.29, 0.717) is 0 Å². The number of allylic oxidation sites excluding steroid dienone is 1. The number of nitrogens with zero attached hydrogens (tertiary/aromatic N) is 1. The van der Waals surface area contributed by atoms with Crippen LogP contribution in [0.3, 0.4) is 0 Å². The molecule has 68 valence electrons. The van der Waals surface area contributed by atoms with Crippen molar-refractivity contribution < 1.29 is 4.74 Å². The molecule has 0 saturated heterocycles. The fourth-order valence-corrected chi connectivity index (χ4v) is 1.98. The molecule has 0 aromatic carbocycles. The molecule has 1 heterocycles. The molecule has 3 heteroatoms. The fourth-order valence-electron chi connectivity index (χ4n) is 1.11. The average Bonchev–Trinajstić information content (AvgIpc) is 2.03. The number of rotatable bonds is 1. The predicted molar refractivity (Wildman–Crippen MR) is 54.4 cm³/mol. The lowest BCUT2D eigenvalue weighted by molar-refractivity contribution is 0.181. The normalized spacial score (nSPS) is 24.0. The summed E-state index contributed by atoms with van der Waals surface area (Å²) in [7, 11) is 1.72. The maximum absolute atomic E-state index is 5.31. The number of methoxy groups -OCH3 is 1. The van der Waals surface area contributed by atoms with Crippen molar-refractivity contribution in [3.8, 4) is 0 Å². The summed E-state index contributed by atoms with van der Waals surface area (Å²) >= 11 is 1.48. The molecule has 1 rings (SSSR count). The van der Waals surface area contributed by atoms with Crippen LogP contribution in [0.4, 0.5) is 0 Å². The predicted octanol–water partition coefficient (Wildman–Crippen LogP) is 2.66. The number of hydrogen-bond donors (Lipinski definition) is 0. The van der Waals surface area contributed by atoms with E-state index in [9.17, 15) is 0 Å². The lowest BCUT2D eigenvalue weighted by Gasteiger charge is -2.29. The van der Waals surface area contributed by atoms with Gasteiger partial charge in [0.2, 0.25) is 0 Å². The highest BCUT2D eigenvalue weighted by Crippen LogP contribution is 2.36. The van der Waals surface area contributed by atoms with Crippen molar-refractivity contribution in [3.05, 3.63) is 11.6 Å². The van der Waals surface area contributed by atoms with Crippen LogP contribution >= 0.6 is 11.9 Å². The summed E-state index contributed by atoms with van der Waals surface area (Å²) in [5.74, 6) is 0. The zero-order chi connectivity index (χ0) is 9.19. The Morgan fingerprint density at radius 2 is 2.17 bits per heavy atom. The number of hydrogen-bond acceptors (Lipinski definition) is 3. The van der Waals surface area contributed by atoms with E-state index in [2.05, 4.69) is 25.2 Å². The second-order valence-corrected chi connectivity index (χ2v) is 4.65. The van der Waals surface area contributed by atoms with Crippen LogP contribution in [0, 0.1) is 5.41 Å². The first-order valence-electron chi connectivity index (χ1n) is 3.98.